The van der Waals surface area contributed by atoms with E-state index in [1.807, 2.05) is 0 Å². The third kappa shape index (κ3) is 5.32. The van der Waals surface area contributed by atoms with E-state index in [9.17, 15) is 19.5 Å². The second-order valence-corrected chi connectivity index (χ2v) is 6.31. The smallest absolute Gasteiger partial charge is 0.328 e. The molecule has 0 aliphatic rings. The quantitative estimate of drug-likeness (QED) is 0.290. The van der Waals surface area contributed by atoms with Gasteiger partial charge in [0.05, 0.1) is 12.5 Å². The zero-order valence-corrected chi connectivity index (χ0v) is 14.6. The highest BCUT2D eigenvalue weighted by Gasteiger charge is 2.29. The van der Waals surface area contributed by atoms with Gasteiger partial charge in [-0.25, -0.2) is 9.59 Å². The number of carboxylic acids is 1. The summed E-state index contributed by atoms with van der Waals surface area (Å²) in [6, 6.07) is -3.70. The largest absolute Gasteiger partial charge is 0.480 e. The topological polar surface area (TPSA) is 232 Å². The van der Waals surface area contributed by atoms with Crippen molar-refractivity contribution in [1.29, 1.82) is 0 Å². The minimum Gasteiger partial charge on any atom is -0.480 e. The number of anilines is 1. The zero-order valence-electron chi connectivity index (χ0n) is 13.8. The van der Waals surface area contributed by atoms with Gasteiger partial charge < -0.3 is 36.8 Å². The van der Waals surface area contributed by atoms with E-state index in [1.165, 1.54) is 6.92 Å². The van der Waals surface area contributed by atoms with Gasteiger partial charge in [0.25, 0.3) is 0 Å². The Morgan fingerprint density at radius 3 is 2.52 bits per heavy atom. The van der Waals surface area contributed by atoms with Crippen LogP contribution < -0.4 is 22.1 Å². The lowest BCUT2D eigenvalue weighted by molar-refractivity contribution is -0.141. The molecule has 2 heterocycles. The van der Waals surface area contributed by atoms with E-state index in [1.54, 1.807) is 0 Å². The Bertz CT molecular complexity index is 835. The summed E-state index contributed by atoms with van der Waals surface area (Å²) >= 11 is 0.995. The van der Waals surface area contributed by atoms with Gasteiger partial charge >= 0.3 is 12.0 Å². The number of nitrogen functional groups attached to an aromatic ring is 1. The van der Waals surface area contributed by atoms with E-state index in [0.29, 0.717) is 0 Å². The van der Waals surface area contributed by atoms with Crippen LogP contribution in [0.5, 0.6) is 0 Å². The van der Waals surface area contributed by atoms with Crippen LogP contribution >= 0.6 is 11.3 Å². The number of carboxylic acid groups (broad SMARTS) is 1. The minimum absolute atomic E-state index is 0.0308. The van der Waals surface area contributed by atoms with Gasteiger partial charge in [-0.3, -0.25) is 4.79 Å². The van der Waals surface area contributed by atoms with Crippen molar-refractivity contribution < 1.29 is 29.1 Å². The highest BCUT2D eigenvalue weighted by atomic mass is 32.1. The maximum Gasteiger partial charge on any atom is 0.328 e. The number of aliphatic hydroxyl groups excluding tert-OH is 1. The lowest BCUT2D eigenvalue weighted by atomic mass is 10.2. The van der Waals surface area contributed by atoms with Crippen LogP contribution in [0, 0.1) is 0 Å². The summed E-state index contributed by atoms with van der Waals surface area (Å²) in [7, 11) is 0. The van der Waals surface area contributed by atoms with Crippen molar-refractivity contribution >= 4 is 34.4 Å². The second-order valence-electron chi connectivity index (χ2n) is 5.30. The Morgan fingerprint density at radius 1 is 1.30 bits per heavy atom. The fourth-order valence-electron chi connectivity index (χ4n) is 1.92. The van der Waals surface area contributed by atoms with Crippen molar-refractivity contribution in [1.82, 2.24) is 31.0 Å². The number of nitrogens with one attached hydrogen (secondary N) is 2. The van der Waals surface area contributed by atoms with E-state index in [2.05, 4.69) is 31.0 Å². The molecule has 2 aromatic heterocycles. The molecule has 0 spiro atoms. The Labute approximate surface area is 154 Å². The van der Waals surface area contributed by atoms with Gasteiger partial charge in [0.2, 0.25) is 22.8 Å². The maximum absolute atomic E-state index is 12.0. The number of carbonyl (C=O) groups excluding carboxylic acids is 2. The molecule has 15 heteroatoms. The van der Waals surface area contributed by atoms with Crippen molar-refractivity contribution in [2.75, 3.05) is 5.73 Å². The van der Waals surface area contributed by atoms with Crippen LogP contribution in [0.2, 0.25) is 0 Å². The number of rotatable bonds is 8. The highest BCUT2D eigenvalue weighted by Crippen LogP contribution is 2.24. The number of carbonyl (C=O) groups is 3. The molecule has 14 nitrogen and oxygen atoms in total. The molecule has 8 N–H and O–H groups in total. The molecule has 0 aromatic carbocycles. The summed E-state index contributed by atoms with van der Waals surface area (Å²) in [6.07, 6.45) is -1.76. The van der Waals surface area contributed by atoms with Crippen LogP contribution in [-0.2, 0) is 9.59 Å². The van der Waals surface area contributed by atoms with Crippen LogP contribution in [0.3, 0.4) is 0 Å². The number of primary amides is 1. The van der Waals surface area contributed by atoms with Crippen molar-refractivity contribution in [2.24, 2.45) is 5.73 Å². The summed E-state index contributed by atoms with van der Waals surface area (Å²) in [5.74, 6) is -2.37. The molecule has 0 fully saturated rings. The van der Waals surface area contributed by atoms with E-state index < -0.39 is 42.5 Å². The van der Waals surface area contributed by atoms with E-state index in [4.69, 9.17) is 21.1 Å². The predicted molar refractivity (Wildman–Crippen MR) is 88.9 cm³/mol. The van der Waals surface area contributed by atoms with Crippen molar-refractivity contribution in [2.45, 2.75) is 31.5 Å². The third-order valence-corrected chi connectivity index (χ3v) is 3.87. The van der Waals surface area contributed by atoms with E-state index >= 15 is 0 Å². The lowest BCUT2D eigenvalue weighted by Crippen LogP contribution is -2.52. The molecule has 0 radical (unpaired) electrons. The summed E-state index contributed by atoms with van der Waals surface area (Å²) in [6.45, 7) is 1.19. The number of aliphatic hydroxyl groups is 1. The summed E-state index contributed by atoms with van der Waals surface area (Å²) in [5.41, 5.74) is 10.6. The third-order valence-electron chi connectivity index (χ3n) is 3.12. The Morgan fingerprint density at radius 2 is 2.00 bits per heavy atom. The van der Waals surface area contributed by atoms with Gasteiger partial charge in [-0.05, 0) is 6.92 Å². The molecule has 146 valence electrons. The molecule has 2 rings (SSSR count). The van der Waals surface area contributed by atoms with Crippen LogP contribution in [-0.4, -0.2) is 60.6 Å². The van der Waals surface area contributed by atoms with Gasteiger partial charge in [0.15, 0.2) is 11.0 Å². The van der Waals surface area contributed by atoms with Gasteiger partial charge in [0, 0.05) is 0 Å². The minimum atomic E-state index is -1.57. The highest BCUT2D eigenvalue weighted by molar-refractivity contribution is 7.18. The normalized spacial score (nSPS) is 14.1. The first-order valence-corrected chi connectivity index (χ1v) is 8.18. The second kappa shape index (κ2) is 8.37. The molecule has 0 aliphatic heterocycles. The number of nitrogens with zero attached hydrogens (tertiary/aromatic N) is 4. The summed E-state index contributed by atoms with van der Waals surface area (Å²) in [4.78, 5) is 38.3. The average Bonchev–Trinajstić information content (AvgIpc) is 3.19. The van der Waals surface area contributed by atoms with Crippen LogP contribution in [0.1, 0.15) is 25.3 Å². The molecule has 3 atom stereocenters. The number of aliphatic carboxylic acids is 1. The molecule has 27 heavy (non-hydrogen) atoms. The Balaban J connectivity index is 2.15. The van der Waals surface area contributed by atoms with Crippen LogP contribution in [0.15, 0.2) is 4.52 Å². The Hall–Kier alpha value is -3.33. The molecule has 3 amide bonds. The number of hydrogen-bond acceptors (Lipinski definition) is 11. The maximum atomic E-state index is 12.0. The van der Waals surface area contributed by atoms with Crippen molar-refractivity contribution in [3.05, 3.63) is 5.89 Å². The van der Waals surface area contributed by atoms with E-state index in [0.717, 1.165) is 11.3 Å². The molecule has 0 bridgehead atoms. The molecule has 2 aromatic rings. The van der Waals surface area contributed by atoms with E-state index in [-0.39, 0.29) is 21.9 Å². The molecular formula is C12H16N8O6S. The van der Waals surface area contributed by atoms with Crippen LogP contribution in [0.4, 0.5) is 9.93 Å². The number of aromatic nitrogens is 4. The summed E-state index contributed by atoms with van der Waals surface area (Å²) in [5, 5.41) is 34.2. The van der Waals surface area contributed by atoms with Gasteiger partial charge in [-0.2, -0.15) is 4.98 Å². The number of amides is 3. The number of urea groups is 1. The number of nitrogens with two attached hydrogens (primary N) is 2. The standard InChI is InChI=1S/C12H16N8O6S/c1-3(21)6(10(23)24)16-12(25)15-4(2-5(13)22)8-17-7(20-26-8)9-18-19-11(14)27-9/h3-4,6,21H,2H2,1H3,(H2,13,22)(H2,14,19)(H,23,24)(H2,15,16,25)/t3?,4-,6?/m0/s1. The molecular weight excluding hydrogens is 384 g/mol. The van der Waals surface area contributed by atoms with Crippen molar-refractivity contribution in [3.63, 3.8) is 0 Å². The first-order chi connectivity index (χ1) is 12.7. The van der Waals surface area contributed by atoms with Crippen LogP contribution in [0.25, 0.3) is 10.8 Å². The van der Waals surface area contributed by atoms with Gasteiger partial charge in [-0.15, -0.1) is 10.2 Å². The first kappa shape index (κ1) is 20.0. The SMILES string of the molecule is CC(O)C(NC(=O)N[C@@H](CC(N)=O)c1nc(-c2nnc(N)s2)no1)C(=O)O. The monoisotopic (exact) mass is 400 g/mol. The number of hydrogen-bond donors (Lipinski definition) is 6. The summed E-state index contributed by atoms with van der Waals surface area (Å²) < 4.78 is 5.01. The molecule has 0 aliphatic carbocycles. The first-order valence-electron chi connectivity index (χ1n) is 7.36. The van der Waals surface area contributed by atoms with Crippen molar-refractivity contribution in [3.8, 4) is 10.8 Å². The Kier molecular flexibility index (Phi) is 6.19. The van der Waals surface area contributed by atoms with Gasteiger partial charge in [-0.1, -0.05) is 16.5 Å². The average molecular weight is 400 g/mol. The molecule has 0 saturated carbocycles. The fraction of sp³-hybridized carbons (Fsp3) is 0.417. The van der Waals surface area contributed by atoms with Gasteiger partial charge in [0.1, 0.15) is 6.04 Å². The molecule has 0 saturated heterocycles. The predicted octanol–water partition coefficient (Wildman–Crippen LogP) is -1.78. The fourth-order valence-corrected chi connectivity index (χ4v) is 2.46. The zero-order chi connectivity index (χ0) is 20.1. The molecule has 2 unspecified atom stereocenters. The lowest BCUT2D eigenvalue weighted by Gasteiger charge is -2.19.